The third-order valence-electron chi connectivity index (χ3n) is 4.06. The Labute approximate surface area is 187 Å². The Morgan fingerprint density at radius 2 is 1.72 bits per heavy atom. The quantitative estimate of drug-likeness (QED) is 0.349. The highest BCUT2D eigenvalue weighted by Crippen LogP contribution is 2.38. The van der Waals surface area contributed by atoms with Crippen molar-refractivity contribution in [1.29, 1.82) is 0 Å². The van der Waals surface area contributed by atoms with Crippen molar-refractivity contribution in [2.45, 2.75) is 20.1 Å². The lowest BCUT2D eigenvalue weighted by Gasteiger charge is -2.16. The molecule has 3 nitrogen and oxygen atoms in total. The van der Waals surface area contributed by atoms with E-state index in [0.29, 0.717) is 40.3 Å². The first kappa shape index (κ1) is 21.8. The summed E-state index contributed by atoms with van der Waals surface area (Å²) in [5.74, 6) is 0.811. The van der Waals surface area contributed by atoms with Gasteiger partial charge in [-0.25, -0.2) is 4.39 Å². The second-order valence-corrected chi connectivity index (χ2v) is 7.96. The van der Waals surface area contributed by atoms with Crippen LogP contribution in [-0.2, 0) is 13.2 Å². The molecule has 0 spiro atoms. The molecule has 0 fully saturated rings. The maximum Gasteiger partial charge on any atom is 0.175 e. The van der Waals surface area contributed by atoms with E-state index in [-0.39, 0.29) is 12.4 Å². The van der Waals surface area contributed by atoms with E-state index >= 15 is 0 Å². The van der Waals surface area contributed by atoms with Crippen molar-refractivity contribution in [2.75, 3.05) is 11.9 Å². The highest BCUT2D eigenvalue weighted by Gasteiger charge is 2.14. The van der Waals surface area contributed by atoms with E-state index in [9.17, 15) is 4.39 Å². The Kier molecular flexibility index (Phi) is 7.64. The van der Waals surface area contributed by atoms with E-state index in [1.165, 1.54) is 6.07 Å². The molecule has 0 unspecified atom stereocenters. The van der Waals surface area contributed by atoms with Crippen LogP contribution in [0.2, 0.25) is 10.0 Å². The number of rotatable bonds is 8. The van der Waals surface area contributed by atoms with Crippen LogP contribution < -0.4 is 14.8 Å². The Bertz CT molecular complexity index is 980. The van der Waals surface area contributed by atoms with Gasteiger partial charge in [-0.2, -0.15) is 0 Å². The topological polar surface area (TPSA) is 30.5 Å². The second-order valence-electron chi connectivity index (χ2n) is 6.23. The number of ether oxygens (including phenoxy) is 2. The van der Waals surface area contributed by atoms with E-state index in [1.807, 2.05) is 19.1 Å². The first-order chi connectivity index (χ1) is 14.0. The maximum absolute atomic E-state index is 13.9. The zero-order valence-electron chi connectivity index (χ0n) is 15.6. The fourth-order valence-corrected chi connectivity index (χ4v) is 3.88. The lowest BCUT2D eigenvalue weighted by Crippen LogP contribution is -2.04. The van der Waals surface area contributed by atoms with Crippen molar-refractivity contribution < 1.29 is 13.9 Å². The van der Waals surface area contributed by atoms with Gasteiger partial charge in [0, 0.05) is 27.8 Å². The van der Waals surface area contributed by atoms with Crippen molar-refractivity contribution in [3.8, 4) is 11.5 Å². The molecule has 0 heterocycles. The summed E-state index contributed by atoms with van der Waals surface area (Å²) in [6.07, 6.45) is 0. The second kappa shape index (κ2) is 10.2. The van der Waals surface area contributed by atoms with Crippen LogP contribution in [0.3, 0.4) is 0 Å². The van der Waals surface area contributed by atoms with E-state index in [1.54, 1.807) is 36.4 Å². The van der Waals surface area contributed by atoms with Gasteiger partial charge in [0.2, 0.25) is 0 Å². The van der Waals surface area contributed by atoms with Gasteiger partial charge >= 0.3 is 0 Å². The highest BCUT2D eigenvalue weighted by atomic mass is 79.9. The molecular weight excluding hydrogens is 480 g/mol. The molecule has 1 N–H and O–H groups in total. The fraction of sp³-hybridized carbons (Fsp3) is 0.182. The molecular formula is C22H19BrCl2FNO2. The van der Waals surface area contributed by atoms with Gasteiger partial charge < -0.3 is 14.8 Å². The zero-order chi connectivity index (χ0) is 20.8. The van der Waals surface area contributed by atoms with Crippen LogP contribution in [0, 0.1) is 5.82 Å². The van der Waals surface area contributed by atoms with Crippen molar-refractivity contribution in [3.63, 3.8) is 0 Å². The number of halogens is 4. The Morgan fingerprint density at radius 1 is 1.00 bits per heavy atom. The standard InChI is InChI=1S/C22H19BrCl2FNO2/c1-2-28-21-8-14(12-27-18-10-16(24)9-17(25)11-18)7-19(23)22(21)29-13-15-5-3-4-6-20(15)26/h3-11,27H,2,12-13H2,1H3. The summed E-state index contributed by atoms with van der Waals surface area (Å²) in [5, 5.41) is 4.41. The van der Waals surface area contributed by atoms with E-state index in [4.69, 9.17) is 32.7 Å². The maximum atomic E-state index is 13.9. The zero-order valence-corrected chi connectivity index (χ0v) is 18.7. The van der Waals surface area contributed by atoms with Gasteiger partial charge in [0.05, 0.1) is 11.1 Å². The van der Waals surface area contributed by atoms with Crippen molar-refractivity contribution >= 4 is 44.8 Å². The molecule has 0 aliphatic carbocycles. The fourth-order valence-electron chi connectivity index (χ4n) is 2.75. The first-order valence-corrected chi connectivity index (χ1v) is 10.5. The molecule has 3 aromatic rings. The van der Waals surface area contributed by atoms with Crippen molar-refractivity contribution in [2.24, 2.45) is 0 Å². The molecule has 0 radical (unpaired) electrons. The number of hydrogen-bond donors (Lipinski definition) is 1. The molecule has 0 aliphatic rings. The summed E-state index contributed by atoms with van der Waals surface area (Å²) >= 11 is 15.6. The summed E-state index contributed by atoms with van der Waals surface area (Å²) in [7, 11) is 0. The molecule has 0 atom stereocenters. The van der Waals surface area contributed by atoms with Crippen LogP contribution in [-0.4, -0.2) is 6.61 Å². The lowest BCUT2D eigenvalue weighted by molar-refractivity contribution is 0.264. The molecule has 0 saturated carbocycles. The normalized spacial score (nSPS) is 10.7. The average molecular weight is 499 g/mol. The van der Waals surface area contributed by atoms with Gasteiger partial charge in [-0.1, -0.05) is 41.4 Å². The van der Waals surface area contributed by atoms with Crippen LogP contribution in [0.25, 0.3) is 0 Å². The number of benzene rings is 3. The van der Waals surface area contributed by atoms with Crippen LogP contribution in [0.5, 0.6) is 11.5 Å². The van der Waals surface area contributed by atoms with Crippen LogP contribution in [0.4, 0.5) is 10.1 Å². The lowest BCUT2D eigenvalue weighted by atomic mass is 10.2. The molecule has 0 aliphatic heterocycles. The largest absolute Gasteiger partial charge is 0.490 e. The predicted molar refractivity (Wildman–Crippen MR) is 120 cm³/mol. The molecule has 29 heavy (non-hydrogen) atoms. The summed E-state index contributed by atoms with van der Waals surface area (Å²) in [6, 6.07) is 15.6. The van der Waals surface area contributed by atoms with Gasteiger partial charge in [-0.15, -0.1) is 0 Å². The van der Waals surface area contributed by atoms with Gasteiger partial charge in [-0.05, 0) is 64.8 Å². The van der Waals surface area contributed by atoms with Crippen molar-refractivity contribution in [1.82, 2.24) is 0 Å². The summed E-state index contributed by atoms with van der Waals surface area (Å²) < 4.78 is 26.2. The van der Waals surface area contributed by atoms with Crippen molar-refractivity contribution in [3.05, 3.63) is 86.1 Å². The summed E-state index contributed by atoms with van der Waals surface area (Å²) in [6.45, 7) is 3.00. The minimum absolute atomic E-state index is 0.101. The smallest absolute Gasteiger partial charge is 0.175 e. The third kappa shape index (κ3) is 6.01. The minimum Gasteiger partial charge on any atom is -0.490 e. The molecule has 7 heteroatoms. The molecule has 3 aromatic carbocycles. The number of hydrogen-bond acceptors (Lipinski definition) is 3. The molecule has 0 saturated heterocycles. The molecule has 0 aromatic heterocycles. The predicted octanol–water partition coefficient (Wildman–Crippen LogP) is 7.48. The first-order valence-electron chi connectivity index (χ1n) is 8.97. The van der Waals surface area contributed by atoms with Gasteiger partial charge in [-0.3, -0.25) is 0 Å². The van der Waals surface area contributed by atoms with E-state index in [2.05, 4.69) is 21.2 Å². The number of nitrogens with one attached hydrogen (secondary N) is 1. The van der Waals surface area contributed by atoms with Crippen LogP contribution >= 0.6 is 39.1 Å². The molecule has 0 amide bonds. The van der Waals surface area contributed by atoms with Gasteiger partial charge in [0.1, 0.15) is 12.4 Å². The molecule has 3 rings (SSSR count). The Hall–Kier alpha value is -1.95. The number of anilines is 1. The van der Waals surface area contributed by atoms with E-state index < -0.39 is 0 Å². The third-order valence-corrected chi connectivity index (χ3v) is 5.08. The van der Waals surface area contributed by atoms with Gasteiger partial charge in [0.15, 0.2) is 11.5 Å². The molecule has 152 valence electrons. The Balaban J connectivity index is 1.77. The minimum atomic E-state index is -0.303. The Morgan fingerprint density at radius 3 is 2.41 bits per heavy atom. The SMILES string of the molecule is CCOc1cc(CNc2cc(Cl)cc(Cl)c2)cc(Br)c1OCc1ccccc1F. The molecule has 0 bridgehead atoms. The van der Waals surface area contributed by atoms with Crippen LogP contribution in [0.1, 0.15) is 18.1 Å². The highest BCUT2D eigenvalue weighted by molar-refractivity contribution is 9.10. The average Bonchev–Trinajstić information content (AvgIpc) is 2.66. The van der Waals surface area contributed by atoms with Crippen LogP contribution in [0.15, 0.2) is 59.1 Å². The monoisotopic (exact) mass is 497 g/mol. The van der Waals surface area contributed by atoms with Gasteiger partial charge in [0.25, 0.3) is 0 Å². The summed E-state index contributed by atoms with van der Waals surface area (Å²) in [5.41, 5.74) is 2.26. The van der Waals surface area contributed by atoms with E-state index in [0.717, 1.165) is 15.7 Å². The summed E-state index contributed by atoms with van der Waals surface area (Å²) in [4.78, 5) is 0.